The van der Waals surface area contributed by atoms with Crippen LogP contribution in [-0.4, -0.2) is 18.1 Å². The number of carbonyl (C=O) groups excluding carboxylic acids is 1. The van der Waals surface area contributed by atoms with Crippen LogP contribution >= 0.6 is 0 Å². The molecule has 1 aromatic carbocycles. The number of benzene rings is 1. The Kier molecular flexibility index (Phi) is 7.17. The first-order valence-corrected chi connectivity index (χ1v) is 12.9. The molecule has 4 rings (SSSR count). The highest BCUT2D eigenvalue weighted by Gasteiger charge is 2.61. The summed E-state index contributed by atoms with van der Waals surface area (Å²) >= 11 is 0. The van der Waals surface area contributed by atoms with Crippen molar-refractivity contribution >= 4 is 5.78 Å². The van der Waals surface area contributed by atoms with Crippen molar-refractivity contribution in [3.63, 3.8) is 0 Å². The van der Waals surface area contributed by atoms with Gasteiger partial charge >= 0.3 is 0 Å². The molecule has 3 fully saturated rings. The monoisotopic (exact) mass is 469 g/mol. The maximum absolute atomic E-state index is 16.6. The van der Waals surface area contributed by atoms with E-state index in [2.05, 4.69) is 19.9 Å². The number of rotatable bonds is 7. The van der Waals surface area contributed by atoms with Crippen LogP contribution in [0.4, 0.5) is 8.78 Å². The van der Waals surface area contributed by atoms with Gasteiger partial charge in [0.1, 0.15) is 12.3 Å². The number of halogens is 2. The van der Waals surface area contributed by atoms with Gasteiger partial charge < -0.3 is 4.74 Å². The first-order valence-electron chi connectivity index (χ1n) is 12.9. The molecule has 0 amide bonds. The van der Waals surface area contributed by atoms with Crippen LogP contribution in [0, 0.1) is 52.2 Å². The second-order valence-corrected chi connectivity index (χ2v) is 10.9. The van der Waals surface area contributed by atoms with Crippen LogP contribution in [0.1, 0.15) is 77.7 Å². The molecule has 5 heteroatoms. The van der Waals surface area contributed by atoms with Gasteiger partial charge in [0.2, 0.25) is 0 Å². The fourth-order valence-electron chi connectivity index (χ4n) is 7.88. The summed E-state index contributed by atoms with van der Waals surface area (Å²) in [6.45, 7) is 6.08. The molecule has 3 aliphatic rings. The summed E-state index contributed by atoms with van der Waals surface area (Å²) in [6.07, 6.45) is 10.9. The highest BCUT2D eigenvalue weighted by molar-refractivity contribution is 5.83. The lowest BCUT2D eigenvalue weighted by Crippen LogP contribution is -2.55. The van der Waals surface area contributed by atoms with E-state index in [9.17, 15) is 9.18 Å². The molecule has 3 nitrogen and oxygen atoms in total. The Morgan fingerprint density at radius 2 is 2.03 bits per heavy atom. The Labute approximate surface area is 202 Å². The number of carbonyl (C=O) groups is 1. The smallest absolute Gasteiger partial charge is 0.173 e. The molecule has 0 N–H and O–H groups in total. The molecule has 34 heavy (non-hydrogen) atoms. The molecule has 3 aliphatic carbocycles. The van der Waals surface area contributed by atoms with Crippen LogP contribution in [0.15, 0.2) is 30.4 Å². The van der Waals surface area contributed by atoms with Gasteiger partial charge in [-0.2, -0.15) is 5.26 Å². The molecule has 2 unspecified atom stereocenters. The highest BCUT2D eigenvalue weighted by Crippen LogP contribution is 2.65. The molecule has 0 spiro atoms. The van der Waals surface area contributed by atoms with Crippen molar-refractivity contribution in [3.8, 4) is 11.8 Å². The fraction of sp³-hybridized carbons (Fsp3) is 0.655. The van der Waals surface area contributed by atoms with Crippen LogP contribution in [-0.2, 0) is 4.79 Å². The van der Waals surface area contributed by atoms with Crippen molar-refractivity contribution in [1.82, 2.24) is 0 Å². The van der Waals surface area contributed by atoms with Gasteiger partial charge in [-0.25, -0.2) is 8.78 Å². The minimum absolute atomic E-state index is 0.00522. The Morgan fingerprint density at radius 3 is 2.74 bits per heavy atom. The predicted molar refractivity (Wildman–Crippen MR) is 128 cm³/mol. The minimum Gasteiger partial charge on any atom is -0.483 e. The number of allylic oxidation sites excluding steroid dienone is 2. The first kappa shape index (κ1) is 24.9. The van der Waals surface area contributed by atoms with Crippen LogP contribution in [0.3, 0.4) is 0 Å². The Hall–Kier alpha value is -2.22. The Morgan fingerprint density at radius 1 is 1.24 bits per heavy atom. The van der Waals surface area contributed by atoms with Crippen molar-refractivity contribution in [2.45, 2.75) is 77.8 Å². The molecule has 0 saturated heterocycles. The maximum Gasteiger partial charge on any atom is 0.173 e. The maximum atomic E-state index is 16.6. The molecule has 0 aliphatic heterocycles. The number of fused-ring (bicyclic) bond motifs is 3. The van der Waals surface area contributed by atoms with Crippen LogP contribution in [0.25, 0.3) is 0 Å². The lowest BCUT2D eigenvalue weighted by Gasteiger charge is -2.56. The third-order valence-corrected chi connectivity index (χ3v) is 9.36. The SMILES string of the molecule is C/C=C/[C@H]1CC[C@H]2C3CC[C@H](C(=O)COc4cc(C#N)ccc4F)[C@@]3(C)CCC2[C@@]1(F)CCC. The zero-order valence-corrected chi connectivity index (χ0v) is 20.7. The molecule has 7 atom stereocenters. The van der Waals surface area contributed by atoms with E-state index < -0.39 is 11.5 Å². The quantitative estimate of drug-likeness (QED) is 0.397. The summed E-state index contributed by atoms with van der Waals surface area (Å²) in [5.74, 6) is -0.0572. The Bertz CT molecular complexity index is 985. The topological polar surface area (TPSA) is 50.1 Å². The van der Waals surface area contributed by atoms with Gasteiger partial charge in [0.15, 0.2) is 17.3 Å². The molecule has 184 valence electrons. The van der Waals surface area contributed by atoms with Gasteiger partial charge in [0.25, 0.3) is 0 Å². The number of ketones is 1. The van der Waals surface area contributed by atoms with Gasteiger partial charge in [-0.15, -0.1) is 0 Å². The van der Waals surface area contributed by atoms with Crippen molar-refractivity contribution in [2.24, 2.45) is 35.0 Å². The first-order chi connectivity index (χ1) is 16.3. The van der Waals surface area contributed by atoms with E-state index in [0.29, 0.717) is 23.8 Å². The summed E-state index contributed by atoms with van der Waals surface area (Å²) in [7, 11) is 0. The van der Waals surface area contributed by atoms with Crippen LogP contribution in [0.2, 0.25) is 0 Å². The molecular formula is C29H37F2NO2. The summed E-state index contributed by atoms with van der Waals surface area (Å²) in [5, 5.41) is 9.05. The lowest BCUT2D eigenvalue weighted by atomic mass is 9.49. The standard InChI is InChI=1S/C29H37F2NO2/c1-4-6-20-8-9-21-22-10-11-24(28(22,3)15-13-23(21)29(20,31)14-5-2)26(33)18-34-27-16-19(17-32)7-12-25(27)30/h4,6-7,12,16,20-24H,5,8-11,13-15,18H2,1-3H3/b6-4+/t20-,21-,22?,23?,24+,28-,29+/m0/s1. The van der Waals surface area contributed by atoms with Crippen molar-refractivity contribution < 1.29 is 18.3 Å². The minimum atomic E-state index is -1.15. The molecule has 1 aromatic rings. The van der Waals surface area contributed by atoms with E-state index in [4.69, 9.17) is 10.00 Å². The van der Waals surface area contributed by atoms with E-state index in [0.717, 1.165) is 44.9 Å². The third kappa shape index (κ3) is 4.18. The third-order valence-electron chi connectivity index (χ3n) is 9.36. The zero-order valence-electron chi connectivity index (χ0n) is 20.7. The second kappa shape index (κ2) is 9.80. The normalized spacial score (nSPS) is 37.1. The van der Waals surface area contributed by atoms with E-state index in [1.165, 1.54) is 18.2 Å². The van der Waals surface area contributed by atoms with Gasteiger partial charge in [0.05, 0.1) is 11.6 Å². The number of Topliss-reactive ketones (excluding diaryl/α,β-unsaturated/α-hetero) is 1. The van der Waals surface area contributed by atoms with Gasteiger partial charge in [0, 0.05) is 17.9 Å². The van der Waals surface area contributed by atoms with E-state index in [1.807, 2.05) is 19.1 Å². The largest absolute Gasteiger partial charge is 0.483 e. The summed E-state index contributed by atoms with van der Waals surface area (Å²) in [5.41, 5.74) is -1.01. The predicted octanol–water partition coefficient (Wildman–Crippen LogP) is 7.20. The van der Waals surface area contributed by atoms with Gasteiger partial charge in [-0.05, 0) is 87.2 Å². The van der Waals surface area contributed by atoms with E-state index in [1.54, 1.807) is 0 Å². The number of alkyl halides is 1. The van der Waals surface area contributed by atoms with Crippen molar-refractivity contribution in [3.05, 3.63) is 41.7 Å². The van der Waals surface area contributed by atoms with Crippen LogP contribution < -0.4 is 4.74 Å². The summed E-state index contributed by atoms with van der Waals surface area (Å²) in [6, 6.07) is 5.88. The molecule has 3 saturated carbocycles. The van der Waals surface area contributed by atoms with E-state index >= 15 is 4.39 Å². The number of nitriles is 1. The molecule has 0 radical (unpaired) electrons. The number of hydrogen-bond donors (Lipinski definition) is 0. The molecular weight excluding hydrogens is 432 g/mol. The average molecular weight is 470 g/mol. The number of hydrogen-bond acceptors (Lipinski definition) is 3. The fourth-order valence-corrected chi connectivity index (χ4v) is 7.88. The number of nitrogens with zero attached hydrogens (tertiary/aromatic N) is 1. The second-order valence-electron chi connectivity index (χ2n) is 10.9. The average Bonchev–Trinajstić information content (AvgIpc) is 3.18. The summed E-state index contributed by atoms with van der Waals surface area (Å²) < 4.78 is 36.3. The molecule has 0 heterocycles. The summed E-state index contributed by atoms with van der Waals surface area (Å²) in [4.78, 5) is 13.3. The van der Waals surface area contributed by atoms with Gasteiger partial charge in [-0.1, -0.05) is 32.4 Å². The van der Waals surface area contributed by atoms with Gasteiger partial charge in [-0.3, -0.25) is 4.79 Å². The lowest BCUT2D eigenvalue weighted by molar-refractivity contribution is -0.136. The highest BCUT2D eigenvalue weighted by atomic mass is 19.1. The molecule has 0 bridgehead atoms. The molecule has 0 aromatic heterocycles. The van der Waals surface area contributed by atoms with E-state index in [-0.39, 0.29) is 41.3 Å². The zero-order chi connectivity index (χ0) is 24.5. The van der Waals surface area contributed by atoms with Crippen LogP contribution in [0.5, 0.6) is 5.75 Å². The van der Waals surface area contributed by atoms with Crippen molar-refractivity contribution in [2.75, 3.05) is 6.61 Å². The number of ether oxygens (including phenoxy) is 1. The van der Waals surface area contributed by atoms with Crippen molar-refractivity contribution in [1.29, 1.82) is 5.26 Å². The Balaban J connectivity index is 1.49.